The summed E-state index contributed by atoms with van der Waals surface area (Å²) in [7, 11) is 3.87. The molecule has 26 heavy (non-hydrogen) atoms. The lowest BCUT2D eigenvalue weighted by atomic mass is 9.83. The first kappa shape index (κ1) is 17.0. The highest BCUT2D eigenvalue weighted by atomic mass is 16.5. The Morgan fingerprint density at radius 2 is 2.08 bits per heavy atom. The highest BCUT2D eigenvalue weighted by Crippen LogP contribution is 2.41. The summed E-state index contributed by atoms with van der Waals surface area (Å²) in [6.07, 6.45) is 5.78. The van der Waals surface area contributed by atoms with E-state index < -0.39 is 5.60 Å². The fourth-order valence-electron chi connectivity index (χ4n) is 3.80. The molecule has 0 unspecified atom stereocenters. The molecule has 1 spiro atoms. The van der Waals surface area contributed by atoms with E-state index in [1.165, 1.54) is 0 Å². The molecule has 0 bridgehead atoms. The van der Waals surface area contributed by atoms with Crippen LogP contribution in [0.25, 0.3) is 0 Å². The van der Waals surface area contributed by atoms with E-state index in [0.29, 0.717) is 31.4 Å². The number of likely N-dealkylation sites (tertiary alicyclic amines) is 1. The zero-order valence-electron chi connectivity index (χ0n) is 15.5. The molecule has 138 valence electrons. The third-order valence-electron chi connectivity index (χ3n) is 5.35. The summed E-state index contributed by atoms with van der Waals surface area (Å²) in [6.45, 7) is 3.81. The average molecular weight is 356 g/mol. The number of anilines is 1. The van der Waals surface area contributed by atoms with Crippen molar-refractivity contribution in [2.24, 2.45) is 0 Å². The van der Waals surface area contributed by atoms with Gasteiger partial charge in [-0.2, -0.15) is 0 Å². The second kappa shape index (κ2) is 6.39. The summed E-state index contributed by atoms with van der Waals surface area (Å²) in [5.41, 5.74) is 2.60. The number of fused-ring (bicyclic) bond motifs is 2. The van der Waals surface area contributed by atoms with Crippen LogP contribution >= 0.6 is 0 Å². The van der Waals surface area contributed by atoms with Crippen LogP contribution in [-0.2, 0) is 16.8 Å². The molecule has 4 rings (SSSR count). The molecule has 0 saturated carbocycles. The van der Waals surface area contributed by atoms with Crippen LogP contribution < -0.4 is 4.90 Å². The van der Waals surface area contributed by atoms with Crippen LogP contribution in [0.2, 0.25) is 0 Å². The molecule has 4 heterocycles. The van der Waals surface area contributed by atoms with E-state index in [2.05, 4.69) is 4.98 Å². The van der Waals surface area contributed by atoms with E-state index in [-0.39, 0.29) is 5.91 Å². The van der Waals surface area contributed by atoms with Gasteiger partial charge in [-0.3, -0.25) is 4.79 Å². The van der Waals surface area contributed by atoms with Gasteiger partial charge in [0.05, 0.1) is 18.6 Å². The minimum absolute atomic E-state index is 0.0462. The van der Waals surface area contributed by atoms with Crippen molar-refractivity contribution in [3.8, 4) is 0 Å². The fraction of sp³-hybridized carbons (Fsp3) is 0.526. The van der Waals surface area contributed by atoms with Crippen molar-refractivity contribution in [3.05, 3.63) is 41.1 Å². The number of aryl methyl sites for hydroxylation is 1. The van der Waals surface area contributed by atoms with Crippen LogP contribution in [0.15, 0.2) is 22.9 Å². The number of furan rings is 1. The number of rotatable bonds is 2. The van der Waals surface area contributed by atoms with Crippen molar-refractivity contribution >= 4 is 11.9 Å². The van der Waals surface area contributed by atoms with Gasteiger partial charge in [0.25, 0.3) is 5.91 Å². The fourth-order valence-corrected chi connectivity index (χ4v) is 3.80. The maximum absolute atomic E-state index is 12.7. The Bertz CT molecular complexity index is 822. The summed E-state index contributed by atoms with van der Waals surface area (Å²) >= 11 is 0. The maximum Gasteiger partial charge on any atom is 0.289 e. The Morgan fingerprint density at radius 1 is 1.31 bits per heavy atom. The zero-order valence-corrected chi connectivity index (χ0v) is 15.5. The molecule has 2 aliphatic heterocycles. The first-order valence-electron chi connectivity index (χ1n) is 9.01. The molecule has 0 N–H and O–H groups in total. The monoisotopic (exact) mass is 356 g/mol. The van der Waals surface area contributed by atoms with Gasteiger partial charge < -0.3 is 19.0 Å². The van der Waals surface area contributed by atoms with Gasteiger partial charge in [0.1, 0.15) is 5.60 Å². The van der Waals surface area contributed by atoms with Crippen LogP contribution in [0.5, 0.6) is 0 Å². The van der Waals surface area contributed by atoms with E-state index in [4.69, 9.17) is 14.1 Å². The molecule has 7 nitrogen and oxygen atoms in total. The molecule has 1 fully saturated rings. The van der Waals surface area contributed by atoms with Gasteiger partial charge in [-0.15, -0.1) is 0 Å². The van der Waals surface area contributed by atoms with Crippen molar-refractivity contribution in [3.63, 3.8) is 0 Å². The summed E-state index contributed by atoms with van der Waals surface area (Å²) in [5, 5.41) is 0. The van der Waals surface area contributed by atoms with Gasteiger partial charge in [0, 0.05) is 38.9 Å². The van der Waals surface area contributed by atoms with Crippen LogP contribution in [0, 0.1) is 6.92 Å². The lowest BCUT2D eigenvalue weighted by molar-refractivity contribution is -0.0968. The molecule has 1 saturated heterocycles. The Kier molecular flexibility index (Phi) is 4.19. The van der Waals surface area contributed by atoms with Gasteiger partial charge in [-0.25, -0.2) is 9.97 Å². The first-order chi connectivity index (χ1) is 12.5. The SMILES string of the molecule is Cc1ccoc1C(=O)N1CCC2(CC1)OCCc1cnc(N(C)C)nc12. The molecule has 7 heteroatoms. The van der Waals surface area contributed by atoms with Crippen LogP contribution in [0.4, 0.5) is 5.95 Å². The lowest BCUT2D eigenvalue weighted by Crippen LogP contribution is -2.49. The predicted octanol–water partition coefficient (Wildman–Crippen LogP) is 2.15. The van der Waals surface area contributed by atoms with Crippen LogP contribution in [0.1, 0.15) is 40.2 Å². The predicted molar refractivity (Wildman–Crippen MR) is 96.3 cm³/mol. The van der Waals surface area contributed by atoms with Gasteiger partial charge >= 0.3 is 0 Å². The summed E-state index contributed by atoms with van der Waals surface area (Å²) < 4.78 is 11.6. The Morgan fingerprint density at radius 3 is 2.73 bits per heavy atom. The molecule has 1 amide bonds. The molecular weight excluding hydrogens is 332 g/mol. The van der Waals surface area contributed by atoms with Gasteiger partial charge in [-0.05, 0) is 37.8 Å². The number of hydrogen-bond acceptors (Lipinski definition) is 6. The quantitative estimate of drug-likeness (QED) is 0.821. The molecule has 0 aliphatic carbocycles. The van der Waals surface area contributed by atoms with E-state index in [1.807, 2.05) is 43.1 Å². The number of hydrogen-bond donors (Lipinski definition) is 0. The second-order valence-electron chi connectivity index (χ2n) is 7.26. The van der Waals surface area contributed by atoms with Gasteiger partial charge in [-0.1, -0.05) is 0 Å². The van der Waals surface area contributed by atoms with Gasteiger partial charge in [0.15, 0.2) is 5.76 Å². The highest BCUT2D eigenvalue weighted by Gasteiger charge is 2.43. The van der Waals surface area contributed by atoms with E-state index in [0.717, 1.165) is 36.1 Å². The molecular formula is C19H24N4O3. The second-order valence-corrected chi connectivity index (χ2v) is 7.26. The number of piperidine rings is 1. The first-order valence-corrected chi connectivity index (χ1v) is 9.01. The van der Waals surface area contributed by atoms with Crippen molar-refractivity contribution in [1.29, 1.82) is 0 Å². The zero-order chi connectivity index (χ0) is 18.3. The molecule has 2 aromatic rings. The van der Waals surface area contributed by atoms with Crippen molar-refractivity contribution in [1.82, 2.24) is 14.9 Å². The smallest absolute Gasteiger partial charge is 0.289 e. The minimum atomic E-state index is -0.420. The largest absolute Gasteiger partial charge is 0.459 e. The number of nitrogens with zero attached hydrogens (tertiary/aromatic N) is 4. The third kappa shape index (κ3) is 2.76. The molecule has 0 aromatic carbocycles. The summed E-state index contributed by atoms with van der Waals surface area (Å²) in [5.74, 6) is 1.08. The average Bonchev–Trinajstić information content (AvgIpc) is 3.08. The molecule has 0 radical (unpaired) electrons. The Labute approximate surface area is 153 Å². The standard InChI is InChI=1S/C19H24N4O3/c1-13-4-10-25-15(13)17(24)23-8-6-19(7-9-23)16-14(5-11-26-19)12-20-18(21-16)22(2)3/h4,10,12H,5-9,11H2,1-3H3. The number of amides is 1. The van der Waals surface area contributed by atoms with Crippen molar-refractivity contribution in [2.75, 3.05) is 38.7 Å². The molecule has 0 atom stereocenters. The number of ether oxygens (including phenoxy) is 1. The summed E-state index contributed by atoms with van der Waals surface area (Å²) in [4.78, 5) is 25.7. The van der Waals surface area contributed by atoms with Gasteiger partial charge in [0.2, 0.25) is 5.95 Å². The normalized spacial score (nSPS) is 18.7. The summed E-state index contributed by atoms with van der Waals surface area (Å²) in [6, 6.07) is 1.82. The number of carbonyl (C=O) groups is 1. The topological polar surface area (TPSA) is 71.7 Å². The van der Waals surface area contributed by atoms with E-state index in [9.17, 15) is 4.79 Å². The van der Waals surface area contributed by atoms with E-state index >= 15 is 0 Å². The lowest BCUT2D eigenvalue weighted by Gasteiger charge is -2.44. The molecule has 2 aromatic heterocycles. The number of carbonyl (C=O) groups excluding carboxylic acids is 1. The van der Waals surface area contributed by atoms with Crippen LogP contribution in [-0.4, -0.2) is 54.6 Å². The molecule has 2 aliphatic rings. The number of aromatic nitrogens is 2. The van der Waals surface area contributed by atoms with E-state index in [1.54, 1.807) is 6.26 Å². The third-order valence-corrected chi connectivity index (χ3v) is 5.35. The Balaban J connectivity index is 1.57. The Hall–Kier alpha value is -2.41. The minimum Gasteiger partial charge on any atom is -0.459 e. The maximum atomic E-state index is 12.7. The highest BCUT2D eigenvalue weighted by molar-refractivity contribution is 5.92. The van der Waals surface area contributed by atoms with Crippen molar-refractivity contribution in [2.45, 2.75) is 31.8 Å². The van der Waals surface area contributed by atoms with Crippen molar-refractivity contribution < 1.29 is 13.9 Å². The van der Waals surface area contributed by atoms with Crippen LogP contribution in [0.3, 0.4) is 0 Å².